The smallest absolute Gasteiger partial charge is 0.277 e. The van der Waals surface area contributed by atoms with Crippen molar-refractivity contribution in [2.24, 2.45) is 0 Å². The maximum absolute atomic E-state index is 14.5. The fraction of sp³-hybridized carbons (Fsp3) is 0.152. The van der Waals surface area contributed by atoms with Crippen LogP contribution in [0.5, 0.6) is 17.5 Å². The Hall–Kier alpha value is -5.09. The van der Waals surface area contributed by atoms with Crippen LogP contribution in [-0.4, -0.2) is 35.4 Å². The van der Waals surface area contributed by atoms with Gasteiger partial charge < -0.3 is 19.7 Å². The third-order valence-corrected chi connectivity index (χ3v) is 8.11. The Bertz CT molecular complexity index is 1760. The summed E-state index contributed by atoms with van der Waals surface area (Å²) in [5.41, 5.74) is 3.34. The molecule has 0 fully saturated rings. The number of fused-ring (bicyclic) bond motifs is 3. The summed E-state index contributed by atoms with van der Waals surface area (Å²) in [6.07, 6.45) is 4.82. The van der Waals surface area contributed by atoms with E-state index >= 15 is 0 Å². The Balaban J connectivity index is 1.41. The summed E-state index contributed by atoms with van der Waals surface area (Å²) in [7, 11) is 1.55. The van der Waals surface area contributed by atoms with Crippen LogP contribution >= 0.6 is 11.3 Å². The van der Waals surface area contributed by atoms with E-state index in [4.69, 9.17) is 9.47 Å². The zero-order chi connectivity index (χ0) is 30.5. The minimum absolute atomic E-state index is 0.0877. The molecule has 0 saturated carbocycles. The van der Waals surface area contributed by atoms with E-state index in [0.717, 1.165) is 22.1 Å². The summed E-state index contributed by atoms with van der Waals surface area (Å²) in [5, 5.41) is 2.70. The molecule has 0 spiro atoms. The summed E-state index contributed by atoms with van der Waals surface area (Å²) >= 11 is 1.30. The predicted molar refractivity (Wildman–Crippen MR) is 165 cm³/mol. The summed E-state index contributed by atoms with van der Waals surface area (Å²) in [5.74, 6) is -0.162. The number of pyridine rings is 2. The molecule has 1 N–H and O–H groups in total. The van der Waals surface area contributed by atoms with Crippen LogP contribution in [0, 0.1) is 0 Å². The molecule has 0 radical (unpaired) electrons. The van der Waals surface area contributed by atoms with Crippen molar-refractivity contribution in [1.82, 2.24) is 15.3 Å². The Morgan fingerprint density at radius 3 is 2.65 bits per heavy atom. The monoisotopic (exact) mass is 596 g/mol. The van der Waals surface area contributed by atoms with Crippen LogP contribution < -0.4 is 19.7 Å². The topological polar surface area (TPSA) is 93.7 Å². The number of anilines is 1. The molecule has 10 heteroatoms. The van der Waals surface area contributed by atoms with Crippen LogP contribution in [0.1, 0.15) is 39.6 Å². The predicted octanol–water partition coefficient (Wildman–Crippen LogP) is 7.27. The van der Waals surface area contributed by atoms with Gasteiger partial charge in [-0.1, -0.05) is 36.9 Å². The number of carbonyl (C=O) groups is 2. The number of ether oxygens (including phenoxy) is 2. The van der Waals surface area contributed by atoms with Gasteiger partial charge in [-0.15, -0.1) is 11.3 Å². The normalized spacial score (nSPS) is 13.2. The number of halogens is 1. The van der Waals surface area contributed by atoms with Crippen molar-refractivity contribution >= 4 is 28.8 Å². The number of carbonyl (C=O) groups excluding carboxylic acids is 2. The Morgan fingerprint density at radius 1 is 1.12 bits per heavy atom. The van der Waals surface area contributed by atoms with Crippen molar-refractivity contribution in [2.75, 3.05) is 18.6 Å². The van der Waals surface area contributed by atoms with Crippen molar-refractivity contribution in [3.05, 3.63) is 119 Å². The lowest BCUT2D eigenvalue weighted by atomic mass is 10.1. The summed E-state index contributed by atoms with van der Waals surface area (Å²) in [4.78, 5) is 38.7. The van der Waals surface area contributed by atoms with Gasteiger partial charge in [0.05, 0.1) is 29.6 Å². The molecule has 5 rings (SSSR count). The van der Waals surface area contributed by atoms with Gasteiger partial charge in [0.15, 0.2) is 0 Å². The minimum atomic E-state index is -0.607. The molecule has 0 saturated heterocycles. The zero-order valence-electron chi connectivity index (χ0n) is 23.9. The van der Waals surface area contributed by atoms with E-state index in [1.165, 1.54) is 17.5 Å². The number of benzene rings is 1. The molecule has 0 bridgehead atoms. The van der Waals surface area contributed by atoms with Gasteiger partial charge in [0.2, 0.25) is 11.8 Å². The maximum Gasteiger partial charge on any atom is 0.277 e. The highest BCUT2D eigenvalue weighted by Crippen LogP contribution is 2.42. The van der Waals surface area contributed by atoms with Gasteiger partial charge in [-0.25, -0.2) is 14.4 Å². The first-order valence-corrected chi connectivity index (χ1v) is 14.3. The molecule has 8 nitrogen and oxygen atoms in total. The van der Waals surface area contributed by atoms with Crippen LogP contribution in [0.15, 0.2) is 103 Å². The molecular formula is C33H29FN4O4S. The number of aromatic nitrogens is 2. The maximum atomic E-state index is 14.5. The number of thiophene rings is 1. The summed E-state index contributed by atoms with van der Waals surface area (Å²) in [6.45, 7) is 7.33. The number of rotatable bonds is 8. The molecule has 1 aromatic carbocycles. The fourth-order valence-electron chi connectivity index (χ4n) is 4.57. The molecule has 1 aliphatic heterocycles. The average molecular weight is 597 g/mol. The van der Waals surface area contributed by atoms with Crippen molar-refractivity contribution in [3.8, 4) is 28.0 Å². The van der Waals surface area contributed by atoms with Gasteiger partial charge in [0.1, 0.15) is 17.3 Å². The lowest BCUT2D eigenvalue weighted by Crippen LogP contribution is -2.33. The Morgan fingerprint density at radius 2 is 1.93 bits per heavy atom. The van der Waals surface area contributed by atoms with Gasteiger partial charge in [-0.3, -0.25) is 9.59 Å². The molecule has 43 heavy (non-hydrogen) atoms. The van der Waals surface area contributed by atoms with Crippen molar-refractivity contribution in [2.45, 2.75) is 20.3 Å². The third-order valence-electron chi connectivity index (χ3n) is 6.90. The fourth-order valence-corrected chi connectivity index (χ4v) is 5.71. The Labute approximate surface area is 252 Å². The lowest BCUT2D eigenvalue weighted by molar-refractivity contribution is 0.0965. The highest BCUT2D eigenvalue weighted by atomic mass is 32.1. The number of allylic oxidation sites excluding steroid dienone is 4. The van der Waals surface area contributed by atoms with E-state index in [-0.39, 0.29) is 23.2 Å². The third kappa shape index (κ3) is 6.24. The molecule has 2 amide bonds. The zero-order valence-corrected chi connectivity index (χ0v) is 24.7. The summed E-state index contributed by atoms with van der Waals surface area (Å²) < 4.78 is 25.4. The molecule has 218 valence electrons. The van der Waals surface area contributed by atoms with Crippen molar-refractivity contribution < 1.29 is 23.5 Å². The Kier molecular flexibility index (Phi) is 8.77. The molecule has 3 aromatic heterocycles. The second-order valence-electron chi connectivity index (χ2n) is 9.54. The number of nitrogens with zero attached hydrogens (tertiary/aromatic N) is 3. The van der Waals surface area contributed by atoms with E-state index < -0.39 is 11.7 Å². The van der Waals surface area contributed by atoms with Crippen molar-refractivity contribution in [3.63, 3.8) is 0 Å². The summed E-state index contributed by atoms with van der Waals surface area (Å²) in [6, 6.07) is 17.7. The first-order valence-electron chi connectivity index (χ1n) is 13.5. The SMILES string of the molecule is C=C/C(F)=C(NC(=O)c1cc2c(s1)-c1ccccc1N(C(=O)c1cccc(Oc3ccc(OC)cn3)n1)CC2)\C(C)=C/C. The number of hydrogen-bond acceptors (Lipinski definition) is 7. The average Bonchev–Trinajstić information content (AvgIpc) is 3.41. The number of methoxy groups -OCH3 is 1. The molecule has 0 aliphatic carbocycles. The lowest BCUT2D eigenvalue weighted by Gasteiger charge is -2.22. The molecule has 1 aliphatic rings. The first kappa shape index (κ1) is 29.4. The number of nitrogens with one attached hydrogen (secondary N) is 1. The van der Waals surface area contributed by atoms with Crippen LogP contribution in [0.25, 0.3) is 10.4 Å². The molecule has 4 heterocycles. The molecular weight excluding hydrogens is 567 g/mol. The van der Waals surface area contributed by atoms with E-state index in [9.17, 15) is 14.0 Å². The molecule has 0 unspecified atom stereocenters. The standard InChI is InChI=1S/C33H29FN4O4S/c1-5-20(3)30(24(34)6-2)37-32(39)27-18-21-16-17-38(26-12-8-7-10-23(26)31(21)43-27)33(40)25-11-9-13-29(36-25)42-28-15-14-22(41-4)19-35-28/h5-15,18-19H,2,16-17H2,1,3-4H3,(H,37,39)/b20-5-,30-24-. The highest BCUT2D eigenvalue weighted by molar-refractivity contribution is 7.17. The van der Waals surface area contributed by atoms with Crippen LogP contribution in [-0.2, 0) is 6.42 Å². The first-order chi connectivity index (χ1) is 20.8. The van der Waals surface area contributed by atoms with E-state index in [1.807, 2.05) is 30.3 Å². The van der Waals surface area contributed by atoms with E-state index in [1.54, 1.807) is 62.3 Å². The van der Waals surface area contributed by atoms with Crippen LogP contribution in [0.4, 0.5) is 10.1 Å². The van der Waals surface area contributed by atoms with Gasteiger partial charge in [-0.2, -0.15) is 0 Å². The van der Waals surface area contributed by atoms with Crippen LogP contribution in [0.3, 0.4) is 0 Å². The van der Waals surface area contributed by atoms with Crippen LogP contribution in [0.2, 0.25) is 0 Å². The van der Waals surface area contributed by atoms with Gasteiger partial charge in [0.25, 0.3) is 11.8 Å². The van der Waals surface area contributed by atoms with Crippen molar-refractivity contribution in [1.29, 1.82) is 0 Å². The number of hydrogen-bond donors (Lipinski definition) is 1. The molecule has 0 atom stereocenters. The second-order valence-corrected chi connectivity index (χ2v) is 10.6. The molecule has 4 aromatic rings. The highest BCUT2D eigenvalue weighted by Gasteiger charge is 2.28. The minimum Gasteiger partial charge on any atom is -0.495 e. The number of para-hydroxylation sites is 1. The van der Waals surface area contributed by atoms with Gasteiger partial charge in [-0.05, 0) is 61.7 Å². The second kappa shape index (κ2) is 12.8. The van der Waals surface area contributed by atoms with E-state index in [0.29, 0.717) is 40.7 Å². The largest absolute Gasteiger partial charge is 0.495 e. The van der Waals surface area contributed by atoms with E-state index in [2.05, 4.69) is 21.9 Å². The number of amides is 2. The van der Waals surface area contributed by atoms with Gasteiger partial charge in [0, 0.05) is 29.1 Å². The quantitative estimate of drug-likeness (QED) is 0.215. The van der Waals surface area contributed by atoms with Gasteiger partial charge >= 0.3 is 0 Å².